The van der Waals surface area contributed by atoms with Gasteiger partial charge in [0.05, 0.1) is 6.54 Å². The first-order chi connectivity index (χ1) is 7.64. The maximum atomic E-state index is 11.5. The monoisotopic (exact) mass is 286 g/mol. The summed E-state index contributed by atoms with van der Waals surface area (Å²) >= 11 is 0.952. The van der Waals surface area contributed by atoms with Crippen LogP contribution in [0.4, 0.5) is 0 Å². The van der Waals surface area contributed by atoms with Gasteiger partial charge in [0.2, 0.25) is 4.74 Å². The lowest BCUT2D eigenvalue weighted by Gasteiger charge is -2.36. The summed E-state index contributed by atoms with van der Waals surface area (Å²) in [4.78, 5) is 29.3. The van der Waals surface area contributed by atoms with Crippen molar-refractivity contribution >= 4 is 25.3 Å². The second-order valence-electron chi connectivity index (χ2n) is 3.67. The van der Waals surface area contributed by atoms with Gasteiger partial charge in [0.15, 0.2) is 0 Å². The number of carboxylic acids is 1. The summed E-state index contributed by atoms with van der Waals surface area (Å²) < 4.78 is 9.79. The van der Waals surface area contributed by atoms with Crippen molar-refractivity contribution < 1.29 is 24.3 Å². The fourth-order valence-corrected chi connectivity index (χ4v) is 3.89. The van der Waals surface area contributed by atoms with Crippen molar-refractivity contribution in [3.8, 4) is 0 Å². The highest BCUT2D eigenvalue weighted by Gasteiger charge is 2.47. The molecular formula is C8H19N2O5PS. The van der Waals surface area contributed by atoms with Crippen LogP contribution in [0.3, 0.4) is 0 Å². The Labute approximate surface area is 105 Å². The van der Waals surface area contributed by atoms with E-state index in [4.69, 9.17) is 5.11 Å². The average molecular weight is 286 g/mol. The molecule has 0 spiro atoms. The van der Waals surface area contributed by atoms with E-state index in [2.05, 4.69) is 10.6 Å². The molecule has 0 aliphatic rings. The van der Waals surface area contributed by atoms with E-state index in [0.717, 1.165) is 11.8 Å². The molecule has 0 aromatic rings. The van der Waals surface area contributed by atoms with Crippen LogP contribution in [0.1, 0.15) is 20.8 Å². The number of thioether (sulfide) groups is 1. The van der Waals surface area contributed by atoms with Crippen molar-refractivity contribution in [2.75, 3.05) is 12.3 Å². The fraction of sp³-hybridized carbons (Fsp3) is 0.875. The number of hydrogen-bond donors (Lipinski definition) is 5. The minimum atomic E-state index is -4.56. The van der Waals surface area contributed by atoms with E-state index >= 15 is 0 Å². The van der Waals surface area contributed by atoms with Gasteiger partial charge in [-0.3, -0.25) is 20.0 Å². The molecule has 7 nitrogen and oxygen atoms in total. The maximum absolute atomic E-state index is 11.5. The molecule has 0 saturated heterocycles. The zero-order valence-corrected chi connectivity index (χ0v) is 11.7. The minimum Gasteiger partial charge on any atom is -0.480 e. The van der Waals surface area contributed by atoms with Crippen molar-refractivity contribution in [2.24, 2.45) is 0 Å². The Kier molecular flexibility index (Phi) is 6.68. The summed E-state index contributed by atoms with van der Waals surface area (Å²) in [7, 11) is -4.56. The highest BCUT2D eigenvalue weighted by molar-refractivity contribution is 8.06. The standard InChI is InChI=1S/C8H19N2O5PS/c1-4-17-8(10-6(2)3,16(13,14)15)9-5-7(11)12/h6,9-10H,4-5H2,1-3H3,(H,11,12)(H2,13,14,15). The lowest BCUT2D eigenvalue weighted by molar-refractivity contribution is -0.136. The van der Waals surface area contributed by atoms with Crippen LogP contribution in [0.25, 0.3) is 0 Å². The van der Waals surface area contributed by atoms with Gasteiger partial charge in [-0.05, 0) is 19.6 Å². The van der Waals surface area contributed by atoms with Crippen molar-refractivity contribution in [2.45, 2.75) is 31.5 Å². The molecule has 0 aliphatic carbocycles. The van der Waals surface area contributed by atoms with E-state index in [1.165, 1.54) is 0 Å². The van der Waals surface area contributed by atoms with Gasteiger partial charge in [-0.2, -0.15) is 0 Å². The lowest BCUT2D eigenvalue weighted by atomic mass is 10.4. The molecule has 102 valence electrons. The van der Waals surface area contributed by atoms with Crippen LogP contribution < -0.4 is 10.6 Å². The third-order valence-corrected chi connectivity index (χ3v) is 4.90. The molecule has 17 heavy (non-hydrogen) atoms. The first-order valence-corrected chi connectivity index (χ1v) is 7.68. The van der Waals surface area contributed by atoms with E-state index in [-0.39, 0.29) is 6.04 Å². The fourth-order valence-electron chi connectivity index (χ4n) is 1.21. The molecular weight excluding hydrogens is 267 g/mol. The van der Waals surface area contributed by atoms with Gasteiger partial charge in [0.25, 0.3) is 0 Å². The predicted molar refractivity (Wildman–Crippen MR) is 66.8 cm³/mol. The average Bonchev–Trinajstić information content (AvgIpc) is 2.11. The molecule has 0 rings (SSSR count). The molecule has 9 heteroatoms. The molecule has 0 amide bonds. The van der Waals surface area contributed by atoms with Gasteiger partial charge in [0.1, 0.15) is 0 Å². The molecule has 0 aromatic heterocycles. The van der Waals surface area contributed by atoms with Crippen LogP contribution in [0.15, 0.2) is 0 Å². The third-order valence-electron chi connectivity index (χ3n) is 1.73. The Morgan fingerprint density at radius 2 is 2.00 bits per heavy atom. The summed E-state index contributed by atoms with van der Waals surface area (Å²) in [5.41, 5.74) is 0. The molecule has 0 aliphatic heterocycles. The van der Waals surface area contributed by atoms with Crippen LogP contribution in [-0.4, -0.2) is 43.9 Å². The normalized spacial score (nSPS) is 15.9. The number of hydrogen-bond acceptors (Lipinski definition) is 5. The Balaban J connectivity index is 5.09. The van der Waals surface area contributed by atoms with Crippen molar-refractivity contribution in [3.63, 3.8) is 0 Å². The lowest BCUT2D eigenvalue weighted by Crippen LogP contribution is -2.57. The summed E-state index contributed by atoms with van der Waals surface area (Å²) in [5, 5.41) is 13.7. The maximum Gasteiger partial charge on any atom is 0.370 e. The molecule has 0 heterocycles. The van der Waals surface area contributed by atoms with Crippen LogP contribution in [0.2, 0.25) is 0 Å². The summed E-state index contributed by atoms with van der Waals surface area (Å²) in [6.45, 7) is 4.66. The molecule has 0 bridgehead atoms. The van der Waals surface area contributed by atoms with E-state index in [1.807, 2.05) is 0 Å². The molecule has 1 atom stereocenters. The Morgan fingerprint density at radius 1 is 1.47 bits per heavy atom. The zero-order valence-electron chi connectivity index (χ0n) is 10.0. The SMILES string of the molecule is CCSC(NCC(=O)O)(NC(C)C)P(=O)(O)O. The van der Waals surface area contributed by atoms with Crippen LogP contribution in [0.5, 0.6) is 0 Å². The summed E-state index contributed by atoms with van der Waals surface area (Å²) in [6, 6.07) is -0.206. The quantitative estimate of drug-likeness (QED) is 0.317. The first kappa shape index (κ1) is 16.9. The summed E-state index contributed by atoms with van der Waals surface area (Å²) in [5.74, 6) is -0.748. The molecule has 0 saturated carbocycles. The van der Waals surface area contributed by atoms with Crippen molar-refractivity contribution in [1.29, 1.82) is 0 Å². The number of carbonyl (C=O) groups is 1. The third kappa shape index (κ3) is 5.37. The Hall–Kier alpha value is -0.110. The second kappa shape index (κ2) is 6.72. The molecule has 1 unspecified atom stereocenters. The number of nitrogens with one attached hydrogen (secondary N) is 2. The predicted octanol–water partition coefficient (Wildman–Crippen LogP) is 0.201. The Bertz CT molecular complexity index is 308. The topological polar surface area (TPSA) is 119 Å². The highest BCUT2D eigenvalue weighted by Crippen LogP contribution is 2.53. The van der Waals surface area contributed by atoms with Gasteiger partial charge >= 0.3 is 13.6 Å². The van der Waals surface area contributed by atoms with Crippen LogP contribution in [-0.2, 0) is 9.36 Å². The molecule has 0 radical (unpaired) electrons. The molecule has 0 aromatic carbocycles. The second-order valence-corrected chi connectivity index (χ2v) is 7.21. The number of rotatable bonds is 8. The van der Waals surface area contributed by atoms with E-state index in [1.54, 1.807) is 20.8 Å². The largest absolute Gasteiger partial charge is 0.480 e. The minimum absolute atomic E-state index is 0.206. The van der Waals surface area contributed by atoms with Crippen LogP contribution in [0, 0.1) is 0 Å². The van der Waals surface area contributed by atoms with E-state index < -0.39 is 24.8 Å². The van der Waals surface area contributed by atoms with E-state index in [9.17, 15) is 19.1 Å². The van der Waals surface area contributed by atoms with Gasteiger partial charge < -0.3 is 14.9 Å². The molecule has 5 N–H and O–H groups in total. The highest BCUT2D eigenvalue weighted by atomic mass is 32.2. The zero-order chi connectivity index (χ0) is 13.7. The van der Waals surface area contributed by atoms with Gasteiger partial charge in [0, 0.05) is 6.04 Å². The smallest absolute Gasteiger partial charge is 0.370 e. The van der Waals surface area contributed by atoms with Crippen molar-refractivity contribution in [1.82, 2.24) is 10.6 Å². The van der Waals surface area contributed by atoms with Crippen molar-refractivity contribution in [3.05, 3.63) is 0 Å². The number of aliphatic carboxylic acids is 1. The summed E-state index contributed by atoms with van der Waals surface area (Å²) in [6.07, 6.45) is 0. The first-order valence-electron chi connectivity index (χ1n) is 5.08. The van der Waals surface area contributed by atoms with Gasteiger partial charge in [-0.15, -0.1) is 11.8 Å². The van der Waals surface area contributed by atoms with Gasteiger partial charge in [-0.25, -0.2) is 0 Å². The molecule has 0 fully saturated rings. The number of carboxylic acid groups (broad SMARTS) is 1. The van der Waals surface area contributed by atoms with Gasteiger partial charge in [-0.1, -0.05) is 6.92 Å². The van der Waals surface area contributed by atoms with Crippen LogP contribution >= 0.6 is 19.4 Å². The Morgan fingerprint density at radius 3 is 2.29 bits per heavy atom. The van der Waals surface area contributed by atoms with E-state index in [0.29, 0.717) is 5.75 Å².